The van der Waals surface area contributed by atoms with Crippen LogP contribution in [0.5, 0.6) is 0 Å². The average molecular weight is 336 g/mol. The molecule has 1 N–H and O–H groups in total. The smallest absolute Gasteiger partial charge is 0.413 e. The Labute approximate surface area is 138 Å². The van der Waals surface area contributed by atoms with E-state index in [-0.39, 0.29) is 11.7 Å². The molecule has 0 unspecified atom stereocenters. The van der Waals surface area contributed by atoms with Crippen LogP contribution in [0.2, 0.25) is 0 Å². The molecule has 23 heavy (non-hydrogen) atoms. The van der Waals surface area contributed by atoms with Crippen LogP contribution in [0.15, 0.2) is 22.8 Å². The highest BCUT2D eigenvalue weighted by atomic mass is 32.1. The van der Waals surface area contributed by atoms with Crippen LogP contribution in [-0.4, -0.2) is 22.5 Å². The first-order valence-electron chi connectivity index (χ1n) is 7.26. The predicted molar refractivity (Wildman–Crippen MR) is 88.8 cm³/mol. The van der Waals surface area contributed by atoms with E-state index in [1.807, 2.05) is 13.8 Å². The molecule has 0 bridgehead atoms. The molecule has 7 heteroatoms. The van der Waals surface area contributed by atoms with Gasteiger partial charge in [-0.3, -0.25) is 10.1 Å². The monoisotopic (exact) mass is 336 g/mol. The molecule has 124 valence electrons. The summed E-state index contributed by atoms with van der Waals surface area (Å²) in [6.45, 7) is 8.95. The van der Waals surface area contributed by atoms with E-state index < -0.39 is 11.7 Å². The maximum atomic E-state index is 12.4. The van der Waals surface area contributed by atoms with Crippen molar-refractivity contribution in [3.63, 3.8) is 0 Å². The number of aromatic nitrogens is 1. The van der Waals surface area contributed by atoms with E-state index >= 15 is 0 Å². The Balaban J connectivity index is 2.31. The van der Waals surface area contributed by atoms with Crippen LogP contribution in [-0.2, 0) is 4.74 Å². The molecule has 6 nitrogen and oxygen atoms in total. The van der Waals surface area contributed by atoms with Crippen molar-refractivity contribution in [2.24, 2.45) is 5.92 Å². The Hall–Kier alpha value is -2.15. The van der Waals surface area contributed by atoms with E-state index in [4.69, 9.17) is 9.15 Å². The number of hydrogen-bond donors (Lipinski definition) is 1. The molecule has 0 aromatic carbocycles. The summed E-state index contributed by atoms with van der Waals surface area (Å²) in [7, 11) is 0. The van der Waals surface area contributed by atoms with Crippen molar-refractivity contribution in [2.45, 2.75) is 40.2 Å². The lowest BCUT2D eigenvalue weighted by atomic mass is 10.1. The van der Waals surface area contributed by atoms with Gasteiger partial charge in [-0.2, -0.15) is 0 Å². The van der Waals surface area contributed by atoms with Crippen LogP contribution in [0.3, 0.4) is 0 Å². The predicted octanol–water partition coefficient (Wildman–Crippen LogP) is 4.59. The normalized spacial score (nSPS) is 11.6. The SMILES string of the molecule is CC(C)C(=O)c1sc(NC(=O)OC(C)(C)C)nc1-c1ccco1. The minimum atomic E-state index is -0.610. The Kier molecular flexibility index (Phi) is 4.89. The maximum Gasteiger partial charge on any atom is 0.413 e. The summed E-state index contributed by atoms with van der Waals surface area (Å²) in [5.41, 5.74) is -0.174. The van der Waals surface area contributed by atoms with Crippen LogP contribution < -0.4 is 5.32 Å². The molecule has 0 saturated heterocycles. The van der Waals surface area contributed by atoms with Crippen molar-refractivity contribution in [3.8, 4) is 11.5 Å². The van der Waals surface area contributed by atoms with Crippen LogP contribution in [0.1, 0.15) is 44.3 Å². The molecule has 1 amide bonds. The lowest BCUT2D eigenvalue weighted by molar-refractivity contribution is 0.0635. The Bertz CT molecular complexity index is 696. The van der Waals surface area contributed by atoms with Gasteiger partial charge in [0, 0.05) is 5.92 Å². The summed E-state index contributed by atoms with van der Waals surface area (Å²) >= 11 is 1.12. The zero-order valence-electron chi connectivity index (χ0n) is 13.8. The maximum absolute atomic E-state index is 12.4. The molecule has 0 aliphatic carbocycles. The molecule has 0 aliphatic heterocycles. The van der Waals surface area contributed by atoms with E-state index in [0.29, 0.717) is 21.5 Å². The van der Waals surface area contributed by atoms with Crippen molar-refractivity contribution in [2.75, 3.05) is 5.32 Å². The highest BCUT2D eigenvalue weighted by Gasteiger charge is 2.25. The second-order valence-electron chi connectivity index (χ2n) is 6.32. The number of thiazole rings is 1. The number of amides is 1. The van der Waals surface area contributed by atoms with Gasteiger partial charge in [0.15, 0.2) is 16.7 Å². The zero-order chi connectivity index (χ0) is 17.2. The lowest BCUT2D eigenvalue weighted by Crippen LogP contribution is -2.27. The summed E-state index contributed by atoms with van der Waals surface area (Å²) in [4.78, 5) is 29.0. The third-order valence-corrected chi connectivity index (χ3v) is 3.72. The minimum Gasteiger partial charge on any atom is -0.463 e. The second-order valence-corrected chi connectivity index (χ2v) is 7.32. The summed E-state index contributed by atoms with van der Waals surface area (Å²) in [5.74, 6) is 0.257. The number of rotatable bonds is 4. The first-order valence-corrected chi connectivity index (χ1v) is 8.08. The van der Waals surface area contributed by atoms with E-state index in [2.05, 4.69) is 10.3 Å². The van der Waals surface area contributed by atoms with Gasteiger partial charge in [-0.25, -0.2) is 9.78 Å². The Morgan fingerprint density at radius 1 is 1.35 bits per heavy atom. The number of ether oxygens (including phenoxy) is 1. The van der Waals surface area contributed by atoms with Crippen molar-refractivity contribution in [1.82, 2.24) is 4.98 Å². The number of anilines is 1. The zero-order valence-corrected chi connectivity index (χ0v) is 14.6. The van der Waals surface area contributed by atoms with Gasteiger partial charge in [0.05, 0.1) is 6.26 Å². The average Bonchev–Trinajstić information content (AvgIpc) is 3.03. The number of nitrogens with zero attached hydrogens (tertiary/aromatic N) is 1. The van der Waals surface area contributed by atoms with E-state index in [1.54, 1.807) is 32.9 Å². The molecule has 0 spiro atoms. The molecule has 0 radical (unpaired) electrons. The molecule has 2 heterocycles. The van der Waals surface area contributed by atoms with E-state index in [1.165, 1.54) is 6.26 Å². The molecule has 0 saturated carbocycles. The fourth-order valence-corrected chi connectivity index (χ4v) is 2.82. The molecular formula is C16H20N2O4S. The van der Waals surface area contributed by atoms with Crippen LogP contribution in [0, 0.1) is 5.92 Å². The Morgan fingerprint density at radius 2 is 2.04 bits per heavy atom. The number of hydrogen-bond acceptors (Lipinski definition) is 6. The summed E-state index contributed by atoms with van der Waals surface area (Å²) < 4.78 is 10.5. The molecule has 2 aromatic rings. The van der Waals surface area contributed by atoms with E-state index in [9.17, 15) is 9.59 Å². The van der Waals surface area contributed by atoms with Gasteiger partial charge >= 0.3 is 6.09 Å². The van der Waals surface area contributed by atoms with Gasteiger partial charge in [-0.1, -0.05) is 25.2 Å². The number of furan rings is 1. The molecule has 2 aromatic heterocycles. The number of ketones is 1. The van der Waals surface area contributed by atoms with Gasteiger partial charge in [0.25, 0.3) is 0 Å². The third kappa shape index (κ3) is 4.41. The summed E-state index contributed by atoms with van der Waals surface area (Å²) in [5, 5.41) is 2.87. The van der Waals surface area contributed by atoms with Gasteiger partial charge < -0.3 is 9.15 Å². The fourth-order valence-electron chi connectivity index (χ4n) is 1.77. The van der Waals surface area contributed by atoms with Gasteiger partial charge in [0.2, 0.25) is 0 Å². The quantitative estimate of drug-likeness (QED) is 0.826. The molecular weight excluding hydrogens is 316 g/mol. The molecule has 0 atom stereocenters. The molecule has 0 fully saturated rings. The third-order valence-electron chi connectivity index (χ3n) is 2.74. The number of carbonyl (C=O) groups excluding carboxylic acids is 2. The lowest BCUT2D eigenvalue weighted by Gasteiger charge is -2.18. The minimum absolute atomic E-state index is 0.0499. The number of carbonyl (C=O) groups is 2. The van der Waals surface area contributed by atoms with Gasteiger partial charge in [0.1, 0.15) is 16.2 Å². The van der Waals surface area contributed by atoms with Crippen LogP contribution in [0.4, 0.5) is 9.93 Å². The first kappa shape index (κ1) is 17.2. The second kappa shape index (κ2) is 6.54. The highest BCUT2D eigenvalue weighted by molar-refractivity contribution is 7.18. The summed E-state index contributed by atoms with van der Waals surface area (Å²) in [6, 6.07) is 3.45. The van der Waals surface area contributed by atoms with Gasteiger partial charge in [-0.05, 0) is 32.9 Å². The number of nitrogens with one attached hydrogen (secondary N) is 1. The summed E-state index contributed by atoms with van der Waals surface area (Å²) in [6.07, 6.45) is 0.903. The van der Waals surface area contributed by atoms with Crippen molar-refractivity contribution in [1.29, 1.82) is 0 Å². The fraction of sp³-hybridized carbons (Fsp3) is 0.438. The molecule has 0 aliphatic rings. The van der Waals surface area contributed by atoms with Gasteiger partial charge in [-0.15, -0.1) is 0 Å². The van der Waals surface area contributed by atoms with Crippen LogP contribution in [0.25, 0.3) is 11.5 Å². The van der Waals surface area contributed by atoms with Crippen molar-refractivity contribution < 1.29 is 18.7 Å². The van der Waals surface area contributed by atoms with Crippen LogP contribution >= 0.6 is 11.3 Å². The standard InChI is InChI=1S/C16H20N2O4S/c1-9(2)12(19)13-11(10-7-6-8-21-10)17-14(23-13)18-15(20)22-16(3,4)5/h6-9H,1-5H3,(H,17,18,20). The first-order chi connectivity index (χ1) is 10.7. The largest absolute Gasteiger partial charge is 0.463 e. The van der Waals surface area contributed by atoms with E-state index in [0.717, 1.165) is 11.3 Å². The topological polar surface area (TPSA) is 81.4 Å². The number of Topliss-reactive ketones (excluding diaryl/α,β-unsaturated/α-hetero) is 1. The van der Waals surface area contributed by atoms with Crippen molar-refractivity contribution in [3.05, 3.63) is 23.3 Å². The van der Waals surface area contributed by atoms with Crippen molar-refractivity contribution >= 4 is 28.3 Å². The highest BCUT2D eigenvalue weighted by Crippen LogP contribution is 2.33. The Morgan fingerprint density at radius 3 is 2.57 bits per heavy atom. The molecule has 2 rings (SSSR count).